The Hall–Kier alpha value is -2.92. The summed E-state index contributed by atoms with van der Waals surface area (Å²) >= 11 is 0. The molecule has 28 heavy (non-hydrogen) atoms. The molecule has 0 spiro atoms. The smallest absolute Gasteiger partial charge is 0.243 e. The van der Waals surface area contributed by atoms with E-state index in [-0.39, 0.29) is 31.1 Å². The molecule has 1 aliphatic rings. The molecule has 0 amide bonds. The second kappa shape index (κ2) is 7.24. The molecule has 0 unspecified atom stereocenters. The molecule has 0 saturated carbocycles. The van der Waals surface area contributed by atoms with Crippen LogP contribution in [0.25, 0.3) is 0 Å². The minimum Gasteiger partial charge on any atom is -0.486 e. The molecule has 3 heterocycles. The third-order valence-corrected chi connectivity index (χ3v) is 6.19. The maximum atomic E-state index is 13.5. The van der Waals surface area contributed by atoms with E-state index in [4.69, 9.17) is 4.74 Å². The summed E-state index contributed by atoms with van der Waals surface area (Å²) in [5.41, 5.74) is 1.08. The molecule has 1 aromatic carbocycles. The molecule has 0 saturated heterocycles. The predicted octanol–water partition coefficient (Wildman–Crippen LogP) is 1.73. The van der Waals surface area contributed by atoms with Crippen LogP contribution in [0.2, 0.25) is 0 Å². The van der Waals surface area contributed by atoms with Crippen LogP contribution in [0.3, 0.4) is 0 Å². The van der Waals surface area contributed by atoms with E-state index in [0.29, 0.717) is 23.2 Å². The summed E-state index contributed by atoms with van der Waals surface area (Å²) in [4.78, 5) is 3.65. The summed E-state index contributed by atoms with van der Waals surface area (Å²) in [5.74, 6) is -1.77. The van der Waals surface area contributed by atoms with E-state index in [1.165, 1.54) is 4.31 Å². The maximum Gasteiger partial charge on any atom is 0.243 e. The van der Waals surface area contributed by atoms with Crippen LogP contribution in [-0.2, 0) is 29.7 Å². The molecule has 0 bridgehead atoms. The lowest BCUT2D eigenvalue weighted by Crippen LogP contribution is -2.38. The summed E-state index contributed by atoms with van der Waals surface area (Å²) in [6.07, 6.45) is 3.17. The molecule has 1 aliphatic heterocycles. The third-order valence-electron chi connectivity index (χ3n) is 4.34. The van der Waals surface area contributed by atoms with Crippen LogP contribution < -0.4 is 4.74 Å². The van der Waals surface area contributed by atoms with Crippen molar-refractivity contribution >= 4 is 10.0 Å². The number of halogens is 2. The summed E-state index contributed by atoms with van der Waals surface area (Å²) in [6.45, 7) is 0.527. The highest BCUT2D eigenvalue weighted by molar-refractivity contribution is 7.89. The van der Waals surface area contributed by atoms with E-state index in [0.717, 1.165) is 12.1 Å². The lowest BCUT2D eigenvalue weighted by atomic mass is 10.3. The van der Waals surface area contributed by atoms with Gasteiger partial charge < -0.3 is 4.74 Å². The fourth-order valence-corrected chi connectivity index (χ4v) is 4.27. The van der Waals surface area contributed by atoms with E-state index >= 15 is 0 Å². The van der Waals surface area contributed by atoms with Gasteiger partial charge in [-0.3, -0.25) is 4.98 Å². The Labute approximate surface area is 159 Å². The second-order valence-electron chi connectivity index (χ2n) is 6.10. The minimum absolute atomic E-state index is 0.0000613. The van der Waals surface area contributed by atoms with Gasteiger partial charge in [-0.05, 0) is 30.3 Å². The van der Waals surface area contributed by atoms with Gasteiger partial charge in [-0.2, -0.15) is 4.31 Å². The number of benzene rings is 1. The van der Waals surface area contributed by atoms with Crippen molar-refractivity contribution in [3.8, 4) is 5.75 Å². The summed E-state index contributed by atoms with van der Waals surface area (Å²) in [7, 11) is -4.00. The predicted molar refractivity (Wildman–Crippen MR) is 92.5 cm³/mol. The van der Waals surface area contributed by atoms with Crippen molar-refractivity contribution in [3.05, 3.63) is 65.7 Å². The average Bonchev–Trinajstić information content (AvgIpc) is 3.11. The first-order valence-electron chi connectivity index (χ1n) is 8.34. The number of pyridine rings is 1. The normalized spacial score (nSPS) is 14.6. The van der Waals surface area contributed by atoms with Crippen LogP contribution in [0, 0.1) is 11.6 Å². The molecule has 2 aromatic heterocycles. The molecule has 0 aliphatic carbocycles. The number of sulfonamides is 1. The number of aromatic nitrogens is 4. The van der Waals surface area contributed by atoms with Crippen LogP contribution in [0.4, 0.5) is 8.78 Å². The number of ether oxygens (including phenoxy) is 1. The average molecular weight is 407 g/mol. The Morgan fingerprint density at radius 3 is 2.75 bits per heavy atom. The zero-order valence-corrected chi connectivity index (χ0v) is 15.3. The lowest BCUT2D eigenvalue weighted by molar-refractivity contribution is 0.290. The van der Waals surface area contributed by atoms with Gasteiger partial charge >= 0.3 is 0 Å². The first kappa shape index (κ1) is 18.4. The molecule has 4 rings (SSSR count). The van der Waals surface area contributed by atoms with Gasteiger partial charge in [0.05, 0.1) is 29.9 Å². The number of hydrogen-bond acceptors (Lipinski definition) is 6. The largest absolute Gasteiger partial charge is 0.486 e. The van der Waals surface area contributed by atoms with Crippen molar-refractivity contribution in [2.24, 2.45) is 0 Å². The fourth-order valence-electron chi connectivity index (χ4n) is 2.86. The van der Waals surface area contributed by atoms with Gasteiger partial charge in [0.1, 0.15) is 18.1 Å². The van der Waals surface area contributed by atoms with Crippen molar-refractivity contribution < 1.29 is 21.9 Å². The minimum atomic E-state index is -4.00. The molecule has 8 nitrogen and oxygen atoms in total. The monoisotopic (exact) mass is 407 g/mol. The van der Waals surface area contributed by atoms with Crippen LogP contribution >= 0.6 is 0 Å². The Bertz CT molecular complexity index is 1110. The van der Waals surface area contributed by atoms with Crippen LogP contribution in [0.15, 0.2) is 47.6 Å². The molecular weight excluding hydrogens is 392 g/mol. The van der Waals surface area contributed by atoms with E-state index in [2.05, 4.69) is 15.3 Å². The number of fused-ring (bicyclic) bond motifs is 1. The van der Waals surface area contributed by atoms with E-state index < -0.39 is 21.7 Å². The summed E-state index contributed by atoms with van der Waals surface area (Å²) in [6, 6.07) is 5.99. The summed E-state index contributed by atoms with van der Waals surface area (Å²) in [5, 5.41) is 8.09. The van der Waals surface area contributed by atoms with Crippen molar-refractivity contribution in [2.45, 2.75) is 24.6 Å². The lowest BCUT2D eigenvalue weighted by Gasteiger charge is -2.27. The molecule has 0 radical (unpaired) electrons. The van der Waals surface area contributed by atoms with Gasteiger partial charge in [-0.1, -0.05) is 5.21 Å². The molecule has 146 valence electrons. The first-order valence-corrected chi connectivity index (χ1v) is 9.78. The topological polar surface area (TPSA) is 90.2 Å². The first-order chi connectivity index (χ1) is 13.4. The molecule has 0 fully saturated rings. The van der Waals surface area contributed by atoms with Crippen LogP contribution in [0.5, 0.6) is 5.75 Å². The third kappa shape index (κ3) is 3.45. The van der Waals surface area contributed by atoms with Gasteiger partial charge in [-0.25, -0.2) is 21.9 Å². The second-order valence-corrected chi connectivity index (χ2v) is 8.04. The Balaban J connectivity index is 1.55. The van der Waals surface area contributed by atoms with Crippen molar-refractivity contribution in [1.82, 2.24) is 24.3 Å². The van der Waals surface area contributed by atoms with Crippen LogP contribution in [-0.4, -0.2) is 39.2 Å². The fraction of sp³-hybridized carbons (Fsp3) is 0.235. The number of nitrogens with zero attached hydrogens (tertiary/aromatic N) is 5. The van der Waals surface area contributed by atoms with Crippen molar-refractivity contribution in [1.29, 1.82) is 0 Å². The number of rotatable bonds is 5. The van der Waals surface area contributed by atoms with E-state index in [1.54, 1.807) is 29.2 Å². The molecular formula is C17H15F2N5O3S. The van der Waals surface area contributed by atoms with Gasteiger partial charge in [0, 0.05) is 12.7 Å². The maximum absolute atomic E-state index is 13.5. The summed E-state index contributed by atoms with van der Waals surface area (Å²) < 4.78 is 60.7. The highest BCUT2D eigenvalue weighted by atomic mass is 32.2. The highest BCUT2D eigenvalue weighted by Gasteiger charge is 2.31. The molecule has 11 heteroatoms. The standard InChI is InChI=1S/C17H15F2N5O3S/c18-14-4-3-13(8-15(14)19)28(25,26)23-6-7-24-17(10-23)16(21-22-24)11-27-12-2-1-5-20-9-12/h1-5,8-9H,6-7,10-11H2. The molecule has 0 atom stereocenters. The SMILES string of the molecule is O=S(=O)(c1ccc(F)c(F)c1)N1CCn2nnc(COc3cccnc3)c2C1. The van der Waals surface area contributed by atoms with Gasteiger partial charge in [-0.15, -0.1) is 5.10 Å². The van der Waals surface area contributed by atoms with Crippen molar-refractivity contribution in [2.75, 3.05) is 6.54 Å². The molecule has 3 aromatic rings. The van der Waals surface area contributed by atoms with Gasteiger partial charge in [0.25, 0.3) is 0 Å². The molecule has 0 N–H and O–H groups in total. The Morgan fingerprint density at radius 1 is 1.14 bits per heavy atom. The number of hydrogen-bond donors (Lipinski definition) is 0. The quantitative estimate of drug-likeness (QED) is 0.640. The van der Waals surface area contributed by atoms with Gasteiger partial charge in [0.2, 0.25) is 10.0 Å². The zero-order chi connectivity index (χ0) is 19.7. The van der Waals surface area contributed by atoms with E-state index in [1.807, 2.05) is 0 Å². The zero-order valence-electron chi connectivity index (χ0n) is 14.5. The van der Waals surface area contributed by atoms with Crippen molar-refractivity contribution in [3.63, 3.8) is 0 Å². The highest BCUT2D eigenvalue weighted by Crippen LogP contribution is 2.24. The van der Waals surface area contributed by atoms with Gasteiger partial charge in [0.15, 0.2) is 11.6 Å². The Morgan fingerprint density at radius 2 is 2.00 bits per heavy atom. The van der Waals surface area contributed by atoms with Crippen LogP contribution in [0.1, 0.15) is 11.4 Å². The Kier molecular flexibility index (Phi) is 4.77. The van der Waals surface area contributed by atoms with E-state index in [9.17, 15) is 17.2 Å².